The van der Waals surface area contributed by atoms with Crippen molar-refractivity contribution in [2.24, 2.45) is 5.10 Å². The number of nitro benzene ring substituents is 1. The van der Waals surface area contributed by atoms with Crippen molar-refractivity contribution in [3.8, 4) is 0 Å². The van der Waals surface area contributed by atoms with Crippen LogP contribution in [0.25, 0.3) is 11.5 Å². The van der Waals surface area contributed by atoms with Gasteiger partial charge < -0.3 is 4.74 Å². The number of nitrogens with zero attached hydrogens (tertiary/aromatic N) is 2. The smallest absolute Gasteiger partial charge is 0.269 e. The van der Waals surface area contributed by atoms with Gasteiger partial charge in [0.15, 0.2) is 5.76 Å². The lowest BCUT2D eigenvalue weighted by Crippen LogP contribution is -2.21. The molecule has 0 aromatic heterocycles. The maximum Gasteiger partial charge on any atom is 0.269 e. The van der Waals surface area contributed by atoms with E-state index >= 15 is 0 Å². The van der Waals surface area contributed by atoms with Crippen molar-refractivity contribution in [1.82, 2.24) is 5.43 Å². The number of non-ortho nitro benzene ring substituents is 1. The van der Waals surface area contributed by atoms with Crippen molar-refractivity contribution in [3.05, 3.63) is 112 Å². The Labute approximate surface area is 155 Å². The predicted octanol–water partition coefficient (Wildman–Crippen LogP) is 4.40. The normalized spacial score (nSPS) is 13.4. The molecule has 27 heavy (non-hydrogen) atoms. The molecule has 0 bridgehead atoms. The molecule has 132 valence electrons. The Kier molecular flexibility index (Phi) is 4.37. The van der Waals surface area contributed by atoms with Crippen LogP contribution in [0.4, 0.5) is 5.69 Å². The molecule has 4 rings (SSSR count). The van der Waals surface area contributed by atoms with Crippen LogP contribution < -0.4 is 5.43 Å². The lowest BCUT2D eigenvalue weighted by Gasteiger charge is -2.22. The molecule has 0 saturated heterocycles. The Hall–Kier alpha value is -3.93. The van der Waals surface area contributed by atoms with E-state index in [0.29, 0.717) is 17.2 Å². The van der Waals surface area contributed by atoms with Crippen LogP contribution in [0, 0.1) is 10.1 Å². The van der Waals surface area contributed by atoms with Gasteiger partial charge in [-0.1, -0.05) is 60.7 Å². The SMILES string of the molecule is O=[N+]([O-])c1ccc(C2=NNC(c3ccccc3)=C(c3ccccc3)O2)cc1. The van der Waals surface area contributed by atoms with Gasteiger partial charge in [0.2, 0.25) is 5.90 Å². The Morgan fingerprint density at radius 1 is 0.778 bits per heavy atom. The highest BCUT2D eigenvalue weighted by Crippen LogP contribution is 2.29. The zero-order valence-corrected chi connectivity index (χ0v) is 14.2. The minimum absolute atomic E-state index is 0.0203. The van der Waals surface area contributed by atoms with E-state index in [1.54, 1.807) is 12.1 Å². The van der Waals surface area contributed by atoms with E-state index in [2.05, 4.69) is 10.5 Å². The van der Waals surface area contributed by atoms with E-state index in [1.165, 1.54) is 12.1 Å². The molecule has 0 fully saturated rings. The number of hydrogen-bond acceptors (Lipinski definition) is 5. The third-order valence-corrected chi connectivity index (χ3v) is 4.12. The summed E-state index contributed by atoms with van der Waals surface area (Å²) in [7, 11) is 0. The third kappa shape index (κ3) is 3.41. The Morgan fingerprint density at radius 2 is 1.37 bits per heavy atom. The van der Waals surface area contributed by atoms with E-state index in [0.717, 1.165) is 16.8 Å². The predicted molar refractivity (Wildman–Crippen MR) is 104 cm³/mol. The van der Waals surface area contributed by atoms with Gasteiger partial charge in [-0.3, -0.25) is 15.5 Å². The summed E-state index contributed by atoms with van der Waals surface area (Å²) in [4.78, 5) is 10.4. The number of nitrogens with one attached hydrogen (secondary N) is 1. The minimum Gasteiger partial charge on any atom is -0.434 e. The molecule has 0 amide bonds. The zero-order valence-electron chi connectivity index (χ0n) is 14.2. The number of ether oxygens (including phenoxy) is 1. The van der Waals surface area contributed by atoms with Gasteiger partial charge in [-0.05, 0) is 12.1 Å². The summed E-state index contributed by atoms with van der Waals surface area (Å²) in [6, 6.07) is 25.6. The van der Waals surface area contributed by atoms with Gasteiger partial charge in [-0.2, -0.15) is 0 Å². The highest BCUT2D eigenvalue weighted by Gasteiger charge is 2.21. The fourth-order valence-corrected chi connectivity index (χ4v) is 2.77. The van der Waals surface area contributed by atoms with Crippen LogP contribution in [-0.2, 0) is 4.74 Å². The molecule has 0 aliphatic carbocycles. The molecule has 6 nitrogen and oxygen atoms in total. The average molecular weight is 357 g/mol. The summed E-state index contributed by atoms with van der Waals surface area (Å²) < 4.78 is 6.12. The molecule has 1 N–H and O–H groups in total. The standard InChI is InChI=1S/C21H15N3O3/c25-24(26)18-13-11-17(12-14-18)21-23-22-19(15-7-3-1-4-8-15)20(27-21)16-9-5-2-6-10-16/h1-14,22H. The first kappa shape index (κ1) is 16.5. The molecule has 0 saturated carbocycles. The molecule has 1 aliphatic rings. The average Bonchev–Trinajstić information content (AvgIpc) is 2.74. The van der Waals surface area contributed by atoms with Crippen LogP contribution >= 0.6 is 0 Å². The van der Waals surface area contributed by atoms with Crippen LogP contribution in [0.5, 0.6) is 0 Å². The van der Waals surface area contributed by atoms with Crippen LogP contribution in [0.15, 0.2) is 90.0 Å². The molecule has 6 heteroatoms. The van der Waals surface area contributed by atoms with Crippen LogP contribution in [0.3, 0.4) is 0 Å². The molecule has 1 aliphatic heterocycles. The second-order valence-electron chi connectivity index (χ2n) is 5.87. The summed E-state index contributed by atoms with van der Waals surface area (Å²) in [6.45, 7) is 0. The van der Waals surface area contributed by atoms with E-state index in [4.69, 9.17) is 4.74 Å². The van der Waals surface area contributed by atoms with E-state index in [-0.39, 0.29) is 5.69 Å². The van der Waals surface area contributed by atoms with Crippen molar-refractivity contribution in [2.75, 3.05) is 0 Å². The summed E-state index contributed by atoms with van der Waals surface area (Å²) in [5.74, 6) is 0.994. The highest BCUT2D eigenvalue weighted by molar-refractivity contribution is 6.02. The summed E-state index contributed by atoms with van der Waals surface area (Å²) >= 11 is 0. The van der Waals surface area contributed by atoms with Gasteiger partial charge in [-0.25, -0.2) is 0 Å². The van der Waals surface area contributed by atoms with Gasteiger partial charge in [-0.15, -0.1) is 5.10 Å². The fraction of sp³-hybridized carbons (Fsp3) is 0. The maximum atomic E-state index is 10.8. The first-order chi connectivity index (χ1) is 13.2. The van der Waals surface area contributed by atoms with Crippen molar-refractivity contribution in [1.29, 1.82) is 0 Å². The van der Waals surface area contributed by atoms with Crippen LogP contribution in [-0.4, -0.2) is 10.8 Å². The van der Waals surface area contributed by atoms with Crippen molar-refractivity contribution >= 4 is 23.0 Å². The largest absolute Gasteiger partial charge is 0.434 e. The second-order valence-corrected chi connectivity index (χ2v) is 5.87. The molecule has 0 spiro atoms. The van der Waals surface area contributed by atoms with Gasteiger partial charge >= 0.3 is 0 Å². The van der Waals surface area contributed by atoms with Crippen LogP contribution in [0.1, 0.15) is 16.7 Å². The van der Waals surface area contributed by atoms with E-state index in [1.807, 2.05) is 60.7 Å². The number of hydrogen-bond donors (Lipinski definition) is 1. The quantitative estimate of drug-likeness (QED) is 0.554. The first-order valence-electron chi connectivity index (χ1n) is 8.34. The highest BCUT2D eigenvalue weighted by atomic mass is 16.6. The Bertz CT molecular complexity index is 1030. The molecule has 3 aromatic carbocycles. The first-order valence-corrected chi connectivity index (χ1v) is 8.34. The van der Waals surface area contributed by atoms with E-state index < -0.39 is 4.92 Å². The van der Waals surface area contributed by atoms with Crippen molar-refractivity contribution in [2.45, 2.75) is 0 Å². The second kappa shape index (κ2) is 7.13. The van der Waals surface area contributed by atoms with E-state index in [9.17, 15) is 10.1 Å². The molecular weight excluding hydrogens is 342 g/mol. The minimum atomic E-state index is -0.436. The summed E-state index contributed by atoms with van der Waals surface area (Å²) in [5.41, 5.74) is 6.35. The number of nitro groups is 1. The lowest BCUT2D eigenvalue weighted by atomic mass is 10.1. The fourth-order valence-electron chi connectivity index (χ4n) is 2.77. The lowest BCUT2D eigenvalue weighted by molar-refractivity contribution is -0.384. The third-order valence-electron chi connectivity index (χ3n) is 4.12. The topological polar surface area (TPSA) is 76.8 Å². The van der Waals surface area contributed by atoms with Crippen molar-refractivity contribution < 1.29 is 9.66 Å². The maximum absolute atomic E-state index is 10.8. The molecule has 1 heterocycles. The van der Waals surface area contributed by atoms with Gasteiger partial charge in [0.1, 0.15) is 5.70 Å². The zero-order chi connectivity index (χ0) is 18.6. The van der Waals surface area contributed by atoms with Gasteiger partial charge in [0.25, 0.3) is 5.69 Å². The number of hydrazone groups is 1. The Morgan fingerprint density at radius 3 is 1.96 bits per heavy atom. The van der Waals surface area contributed by atoms with Crippen LogP contribution in [0.2, 0.25) is 0 Å². The molecule has 0 atom stereocenters. The van der Waals surface area contributed by atoms with Crippen molar-refractivity contribution in [3.63, 3.8) is 0 Å². The summed E-state index contributed by atoms with van der Waals surface area (Å²) in [5, 5.41) is 15.2. The Balaban J connectivity index is 1.72. The molecule has 0 unspecified atom stereocenters. The number of rotatable bonds is 4. The van der Waals surface area contributed by atoms with Gasteiger partial charge in [0.05, 0.1) is 4.92 Å². The molecular formula is C21H15N3O3. The monoisotopic (exact) mass is 357 g/mol. The number of benzene rings is 3. The molecule has 3 aromatic rings. The molecule has 0 radical (unpaired) electrons. The van der Waals surface area contributed by atoms with Gasteiger partial charge in [0, 0.05) is 28.8 Å². The summed E-state index contributed by atoms with van der Waals surface area (Å²) in [6.07, 6.45) is 0.